The Morgan fingerprint density at radius 1 is 1.03 bits per heavy atom. The molecular formula is C25H23BrClN5O3S2. The molecule has 0 spiro atoms. The summed E-state index contributed by atoms with van der Waals surface area (Å²) >= 11 is 11.0. The topological polar surface area (TPSA) is 108 Å². The highest BCUT2D eigenvalue weighted by Crippen LogP contribution is 2.24. The highest BCUT2D eigenvalue weighted by atomic mass is 79.9. The second-order valence-corrected chi connectivity index (χ2v) is 12.2. The van der Waals surface area contributed by atoms with Crippen LogP contribution in [0.15, 0.2) is 93.4 Å². The zero-order valence-corrected chi connectivity index (χ0v) is 23.4. The van der Waals surface area contributed by atoms with Crippen LogP contribution >= 0.6 is 39.3 Å². The van der Waals surface area contributed by atoms with Crippen molar-refractivity contribution in [1.82, 2.24) is 24.8 Å². The van der Waals surface area contributed by atoms with Crippen molar-refractivity contribution < 1.29 is 13.2 Å². The number of benzene rings is 3. The van der Waals surface area contributed by atoms with E-state index in [1.54, 1.807) is 36.4 Å². The molecular weight excluding hydrogens is 598 g/mol. The normalized spacial score (nSPS) is 11.5. The molecule has 0 atom stereocenters. The second-order valence-electron chi connectivity index (χ2n) is 7.85. The van der Waals surface area contributed by atoms with Crippen LogP contribution in [0.3, 0.4) is 0 Å². The lowest BCUT2D eigenvalue weighted by Crippen LogP contribution is -2.41. The minimum Gasteiger partial charge on any atom is -0.354 e. The monoisotopic (exact) mass is 619 g/mol. The highest BCUT2D eigenvalue weighted by molar-refractivity contribution is 9.10. The molecule has 12 heteroatoms. The van der Waals surface area contributed by atoms with Gasteiger partial charge >= 0.3 is 0 Å². The molecule has 2 N–H and O–H groups in total. The smallest absolute Gasteiger partial charge is 0.243 e. The van der Waals surface area contributed by atoms with Gasteiger partial charge in [-0.15, -0.1) is 5.10 Å². The number of aromatic amines is 1. The van der Waals surface area contributed by atoms with E-state index < -0.39 is 15.9 Å². The molecule has 4 aromatic rings. The molecule has 1 amide bonds. The van der Waals surface area contributed by atoms with Crippen molar-refractivity contribution in [2.75, 3.05) is 18.8 Å². The Kier molecular flexibility index (Phi) is 9.38. The van der Waals surface area contributed by atoms with Crippen molar-refractivity contribution in [2.45, 2.75) is 16.6 Å². The average Bonchev–Trinajstić information content (AvgIpc) is 3.37. The van der Waals surface area contributed by atoms with Gasteiger partial charge in [-0.25, -0.2) is 13.4 Å². The van der Waals surface area contributed by atoms with Crippen LogP contribution in [0.1, 0.15) is 5.56 Å². The molecule has 1 heterocycles. The molecule has 0 aliphatic carbocycles. The quantitative estimate of drug-likeness (QED) is 0.181. The summed E-state index contributed by atoms with van der Waals surface area (Å²) < 4.78 is 28.7. The van der Waals surface area contributed by atoms with Gasteiger partial charge in [-0.1, -0.05) is 87.8 Å². The summed E-state index contributed by atoms with van der Waals surface area (Å²) in [6.45, 7) is -0.0796. The number of hydrogen-bond acceptors (Lipinski definition) is 6. The standard InChI is InChI=1S/C25H23BrClN5O3S2/c26-20-10-12-21(13-11-20)37(34,35)32(16-19-8-4-5-9-22(19)27)17-23(33)28-14-15-36-25-29-24(30-31-25)18-6-2-1-3-7-18/h1-13H,14-17H2,(H,28,33)(H,29,30,31). The van der Waals surface area contributed by atoms with E-state index >= 15 is 0 Å². The predicted octanol–water partition coefficient (Wildman–Crippen LogP) is 4.99. The fourth-order valence-corrected chi connectivity index (χ4v) is 5.87. The van der Waals surface area contributed by atoms with E-state index in [0.29, 0.717) is 33.9 Å². The number of nitrogens with one attached hydrogen (secondary N) is 2. The molecule has 192 valence electrons. The zero-order valence-electron chi connectivity index (χ0n) is 19.5. The first-order chi connectivity index (χ1) is 17.8. The number of nitrogens with zero attached hydrogens (tertiary/aromatic N) is 3. The molecule has 8 nitrogen and oxygen atoms in total. The van der Waals surface area contributed by atoms with Gasteiger partial charge in [-0.05, 0) is 35.9 Å². The third kappa shape index (κ3) is 7.42. The zero-order chi connectivity index (χ0) is 26.3. The number of sulfonamides is 1. The number of halogens is 2. The van der Waals surface area contributed by atoms with E-state index in [1.165, 1.54) is 23.9 Å². The molecule has 0 unspecified atom stereocenters. The maximum atomic E-state index is 13.4. The second kappa shape index (κ2) is 12.7. The largest absolute Gasteiger partial charge is 0.354 e. The number of thioether (sulfide) groups is 1. The molecule has 1 aromatic heterocycles. The molecule has 0 saturated heterocycles. The Balaban J connectivity index is 1.37. The van der Waals surface area contributed by atoms with Crippen LogP contribution in [0.25, 0.3) is 11.4 Å². The Morgan fingerprint density at radius 2 is 1.73 bits per heavy atom. The lowest BCUT2D eigenvalue weighted by Gasteiger charge is -2.22. The number of amides is 1. The summed E-state index contributed by atoms with van der Waals surface area (Å²) in [6, 6.07) is 22.9. The van der Waals surface area contributed by atoms with Gasteiger partial charge in [0.1, 0.15) is 0 Å². The van der Waals surface area contributed by atoms with Gasteiger partial charge in [-0.2, -0.15) is 4.31 Å². The fraction of sp³-hybridized carbons (Fsp3) is 0.160. The molecule has 0 fully saturated rings. The maximum Gasteiger partial charge on any atom is 0.243 e. The lowest BCUT2D eigenvalue weighted by molar-refractivity contribution is -0.121. The van der Waals surface area contributed by atoms with Gasteiger partial charge in [-0.3, -0.25) is 9.89 Å². The molecule has 0 aliphatic heterocycles. The van der Waals surface area contributed by atoms with E-state index in [1.807, 2.05) is 30.3 Å². The third-order valence-electron chi connectivity index (χ3n) is 5.24. The van der Waals surface area contributed by atoms with Crippen LogP contribution in [0, 0.1) is 0 Å². The van der Waals surface area contributed by atoms with Crippen LogP contribution in [-0.2, 0) is 21.4 Å². The Hall–Kier alpha value is -2.70. The first-order valence-corrected chi connectivity index (χ1v) is 14.8. The van der Waals surface area contributed by atoms with Gasteiger partial charge in [0, 0.05) is 33.9 Å². The van der Waals surface area contributed by atoms with E-state index in [0.717, 1.165) is 14.3 Å². The van der Waals surface area contributed by atoms with Gasteiger partial charge < -0.3 is 5.32 Å². The highest BCUT2D eigenvalue weighted by Gasteiger charge is 2.27. The lowest BCUT2D eigenvalue weighted by atomic mass is 10.2. The van der Waals surface area contributed by atoms with Crippen molar-refractivity contribution in [3.63, 3.8) is 0 Å². The van der Waals surface area contributed by atoms with Crippen LogP contribution in [0.5, 0.6) is 0 Å². The van der Waals surface area contributed by atoms with Crippen molar-refractivity contribution in [1.29, 1.82) is 0 Å². The molecule has 0 aliphatic rings. The molecule has 4 rings (SSSR count). The van der Waals surface area contributed by atoms with Gasteiger partial charge in [0.05, 0.1) is 11.4 Å². The fourth-order valence-electron chi connectivity index (χ4n) is 3.38. The first-order valence-electron chi connectivity index (χ1n) is 11.2. The number of carbonyl (C=O) groups excluding carboxylic acids is 1. The van der Waals surface area contributed by atoms with Crippen molar-refractivity contribution in [3.8, 4) is 11.4 Å². The minimum absolute atomic E-state index is 0.0420. The van der Waals surface area contributed by atoms with E-state index in [9.17, 15) is 13.2 Å². The summed E-state index contributed by atoms with van der Waals surface area (Å²) in [4.78, 5) is 17.3. The van der Waals surface area contributed by atoms with Crippen molar-refractivity contribution in [2.24, 2.45) is 0 Å². The van der Waals surface area contributed by atoms with Gasteiger partial charge in [0.15, 0.2) is 5.82 Å². The van der Waals surface area contributed by atoms with Gasteiger partial charge in [0.2, 0.25) is 21.1 Å². The Labute approximate surface area is 233 Å². The molecule has 0 bridgehead atoms. The van der Waals surface area contributed by atoms with Crippen LogP contribution in [0.2, 0.25) is 5.02 Å². The summed E-state index contributed by atoms with van der Waals surface area (Å²) in [7, 11) is -3.96. The summed E-state index contributed by atoms with van der Waals surface area (Å²) in [5.74, 6) is 0.760. The predicted molar refractivity (Wildman–Crippen MR) is 149 cm³/mol. The Bertz CT molecular complexity index is 1450. The first kappa shape index (κ1) is 27.3. The number of rotatable bonds is 11. The number of carbonyl (C=O) groups is 1. The van der Waals surface area contributed by atoms with E-state index in [-0.39, 0.29) is 18.0 Å². The molecule has 0 saturated carbocycles. The molecule has 3 aromatic carbocycles. The molecule has 0 radical (unpaired) electrons. The number of aromatic nitrogens is 3. The SMILES string of the molecule is O=C(CN(Cc1ccccc1Cl)S(=O)(=O)c1ccc(Br)cc1)NCCSc1n[nH]c(-c2ccccc2)n1. The van der Waals surface area contributed by atoms with Crippen LogP contribution < -0.4 is 5.32 Å². The van der Waals surface area contributed by atoms with E-state index in [2.05, 4.69) is 36.4 Å². The Morgan fingerprint density at radius 3 is 2.46 bits per heavy atom. The minimum atomic E-state index is -3.96. The van der Waals surface area contributed by atoms with Crippen LogP contribution in [-0.4, -0.2) is 52.7 Å². The maximum absolute atomic E-state index is 13.4. The van der Waals surface area contributed by atoms with Crippen molar-refractivity contribution in [3.05, 3.63) is 93.9 Å². The van der Waals surface area contributed by atoms with Gasteiger partial charge in [0.25, 0.3) is 0 Å². The van der Waals surface area contributed by atoms with Crippen molar-refractivity contribution >= 4 is 55.2 Å². The third-order valence-corrected chi connectivity index (χ3v) is 8.80. The number of H-pyrrole nitrogens is 1. The van der Waals surface area contributed by atoms with Crippen LogP contribution in [0.4, 0.5) is 0 Å². The summed E-state index contributed by atoms with van der Waals surface area (Å²) in [5.41, 5.74) is 1.53. The summed E-state index contributed by atoms with van der Waals surface area (Å²) in [6.07, 6.45) is 0. The average molecular weight is 621 g/mol. The summed E-state index contributed by atoms with van der Waals surface area (Å²) in [5, 5.41) is 10.9. The molecule has 37 heavy (non-hydrogen) atoms. The number of hydrogen-bond donors (Lipinski definition) is 2. The van der Waals surface area contributed by atoms with E-state index in [4.69, 9.17) is 11.6 Å².